The number of fused-ring (bicyclic) bond motifs is 1. The Morgan fingerprint density at radius 3 is 2.88 bits per heavy atom. The highest BCUT2D eigenvalue weighted by molar-refractivity contribution is 6.34. The summed E-state index contributed by atoms with van der Waals surface area (Å²) in [6.07, 6.45) is 1.20. The SMILES string of the molecule is CC1CC1C(N)c1cc2cccc(Cl)c2o1. The maximum absolute atomic E-state index is 6.17. The summed E-state index contributed by atoms with van der Waals surface area (Å²) in [4.78, 5) is 0. The second-order valence-corrected chi connectivity index (χ2v) is 5.12. The van der Waals surface area contributed by atoms with E-state index in [1.807, 2.05) is 24.3 Å². The van der Waals surface area contributed by atoms with Gasteiger partial charge in [-0.15, -0.1) is 0 Å². The zero-order valence-corrected chi connectivity index (χ0v) is 9.87. The molecule has 2 N–H and O–H groups in total. The molecule has 0 saturated heterocycles. The van der Waals surface area contributed by atoms with Gasteiger partial charge in [0.1, 0.15) is 5.76 Å². The molecule has 1 aliphatic carbocycles. The van der Waals surface area contributed by atoms with Crippen LogP contribution in [-0.4, -0.2) is 0 Å². The van der Waals surface area contributed by atoms with Gasteiger partial charge in [-0.25, -0.2) is 0 Å². The van der Waals surface area contributed by atoms with E-state index in [4.69, 9.17) is 21.8 Å². The minimum atomic E-state index is 0.0125. The van der Waals surface area contributed by atoms with Crippen molar-refractivity contribution >= 4 is 22.6 Å². The zero-order valence-electron chi connectivity index (χ0n) is 9.11. The lowest BCUT2D eigenvalue weighted by atomic mass is 10.1. The van der Waals surface area contributed by atoms with Crippen molar-refractivity contribution in [3.8, 4) is 0 Å². The first kappa shape index (κ1) is 10.2. The number of nitrogens with two attached hydrogens (primary N) is 1. The average molecular weight is 236 g/mol. The quantitative estimate of drug-likeness (QED) is 0.861. The van der Waals surface area contributed by atoms with E-state index in [0.717, 1.165) is 22.6 Å². The van der Waals surface area contributed by atoms with Crippen LogP contribution in [0.2, 0.25) is 5.02 Å². The first-order valence-electron chi connectivity index (χ1n) is 5.60. The molecule has 3 heteroatoms. The third kappa shape index (κ3) is 1.53. The smallest absolute Gasteiger partial charge is 0.152 e. The van der Waals surface area contributed by atoms with Crippen molar-refractivity contribution in [3.05, 3.63) is 35.0 Å². The fourth-order valence-electron chi connectivity index (χ4n) is 2.27. The summed E-state index contributed by atoms with van der Waals surface area (Å²) >= 11 is 6.06. The largest absolute Gasteiger partial charge is 0.458 e. The van der Waals surface area contributed by atoms with Gasteiger partial charge in [-0.3, -0.25) is 0 Å². The number of hydrogen-bond donors (Lipinski definition) is 1. The van der Waals surface area contributed by atoms with Crippen molar-refractivity contribution in [2.24, 2.45) is 17.6 Å². The predicted molar refractivity (Wildman–Crippen MR) is 65.4 cm³/mol. The van der Waals surface area contributed by atoms with E-state index in [9.17, 15) is 0 Å². The molecule has 0 bridgehead atoms. The Kier molecular flexibility index (Phi) is 2.23. The van der Waals surface area contributed by atoms with E-state index in [-0.39, 0.29) is 6.04 Å². The third-order valence-electron chi connectivity index (χ3n) is 3.48. The van der Waals surface area contributed by atoms with E-state index < -0.39 is 0 Å². The topological polar surface area (TPSA) is 39.2 Å². The molecule has 3 atom stereocenters. The van der Waals surface area contributed by atoms with Gasteiger partial charge in [0.25, 0.3) is 0 Å². The standard InChI is InChI=1S/C13H14ClNO/c1-7-5-9(7)12(15)11-6-8-3-2-4-10(14)13(8)16-11/h2-4,6-7,9,12H,5,15H2,1H3. The Morgan fingerprint density at radius 1 is 1.50 bits per heavy atom. The third-order valence-corrected chi connectivity index (χ3v) is 3.77. The van der Waals surface area contributed by atoms with Crippen LogP contribution in [0, 0.1) is 11.8 Å². The van der Waals surface area contributed by atoms with Gasteiger partial charge in [0.05, 0.1) is 11.1 Å². The summed E-state index contributed by atoms with van der Waals surface area (Å²) in [5.41, 5.74) is 6.92. The molecule has 0 radical (unpaired) electrons. The number of hydrogen-bond acceptors (Lipinski definition) is 2. The Morgan fingerprint density at radius 2 is 2.25 bits per heavy atom. The fourth-order valence-corrected chi connectivity index (χ4v) is 2.49. The Labute approximate surface area is 99.4 Å². The van der Waals surface area contributed by atoms with Crippen LogP contribution in [0.1, 0.15) is 25.1 Å². The highest BCUT2D eigenvalue weighted by atomic mass is 35.5. The van der Waals surface area contributed by atoms with Gasteiger partial charge in [0.2, 0.25) is 0 Å². The van der Waals surface area contributed by atoms with Crippen LogP contribution in [0.15, 0.2) is 28.7 Å². The number of benzene rings is 1. The molecule has 0 amide bonds. The normalized spacial score (nSPS) is 25.9. The molecule has 2 nitrogen and oxygen atoms in total. The molecule has 3 rings (SSSR count). The van der Waals surface area contributed by atoms with Gasteiger partial charge in [0, 0.05) is 5.39 Å². The van der Waals surface area contributed by atoms with Gasteiger partial charge in [-0.05, 0) is 30.4 Å². The highest BCUT2D eigenvalue weighted by Gasteiger charge is 2.39. The van der Waals surface area contributed by atoms with Gasteiger partial charge in [-0.1, -0.05) is 30.7 Å². The van der Waals surface area contributed by atoms with Crippen LogP contribution in [0.3, 0.4) is 0 Å². The lowest BCUT2D eigenvalue weighted by molar-refractivity contribution is 0.455. The summed E-state index contributed by atoms with van der Waals surface area (Å²) in [7, 11) is 0. The molecular formula is C13H14ClNO. The van der Waals surface area contributed by atoms with E-state index in [2.05, 4.69) is 6.92 Å². The number of para-hydroxylation sites is 1. The Hall–Kier alpha value is -0.990. The first-order chi connectivity index (χ1) is 7.66. The van der Waals surface area contributed by atoms with Crippen molar-refractivity contribution in [2.75, 3.05) is 0 Å². The molecule has 3 unspecified atom stereocenters. The molecule has 1 aromatic carbocycles. The van der Waals surface area contributed by atoms with E-state index in [0.29, 0.717) is 10.9 Å². The van der Waals surface area contributed by atoms with Crippen molar-refractivity contribution in [3.63, 3.8) is 0 Å². The van der Waals surface area contributed by atoms with Gasteiger partial charge in [0.15, 0.2) is 5.58 Å². The second-order valence-electron chi connectivity index (χ2n) is 4.71. The maximum Gasteiger partial charge on any atom is 0.152 e. The minimum absolute atomic E-state index is 0.0125. The zero-order chi connectivity index (χ0) is 11.3. The predicted octanol–water partition coefficient (Wildman–Crippen LogP) is 3.74. The summed E-state index contributed by atoms with van der Waals surface area (Å²) in [5, 5.41) is 1.69. The molecule has 84 valence electrons. The number of rotatable bonds is 2. The van der Waals surface area contributed by atoms with Crippen LogP contribution in [0.4, 0.5) is 0 Å². The minimum Gasteiger partial charge on any atom is -0.458 e. The summed E-state index contributed by atoms with van der Waals surface area (Å²) in [6.45, 7) is 2.22. The maximum atomic E-state index is 6.17. The van der Waals surface area contributed by atoms with Crippen molar-refractivity contribution in [1.29, 1.82) is 0 Å². The average Bonchev–Trinajstić information content (AvgIpc) is 2.81. The molecule has 1 heterocycles. The summed E-state index contributed by atoms with van der Waals surface area (Å²) < 4.78 is 5.75. The molecule has 0 spiro atoms. The fraction of sp³-hybridized carbons (Fsp3) is 0.385. The summed E-state index contributed by atoms with van der Waals surface area (Å²) in [6, 6.07) is 7.78. The van der Waals surface area contributed by atoms with Gasteiger partial charge < -0.3 is 10.2 Å². The first-order valence-corrected chi connectivity index (χ1v) is 5.98. The molecule has 16 heavy (non-hydrogen) atoms. The van der Waals surface area contributed by atoms with Crippen LogP contribution < -0.4 is 5.73 Å². The molecule has 1 aliphatic rings. The van der Waals surface area contributed by atoms with Crippen molar-refractivity contribution < 1.29 is 4.42 Å². The molecule has 1 saturated carbocycles. The van der Waals surface area contributed by atoms with Crippen LogP contribution in [0.5, 0.6) is 0 Å². The Balaban J connectivity index is 2.02. The summed E-state index contributed by atoms with van der Waals surface area (Å²) in [5.74, 6) is 2.15. The molecule has 1 fully saturated rings. The molecule has 1 aromatic heterocycles. The lowest BCUT2D eigenvalue weighted by Gasteiger charge is -2.05. The van der Waals surface area contributed by atoms with E-state index in [1.54, 1.807) is 0 Å². The van der Waals surface area contributed by atoms with Gasteiger partial charge in [-0.2, -0.15) is 0 Å². The second kappa shape index (κ2) is 3.51. The Bertz CT molecular complexity index is 534. The van der Waals surface area contributed by atoms with Crippen molar-refractivity contribution in [1.82, 2.24) is 0 Å². The molecule has 0 aliphatic heterocycles. The number of furan rings is 1. The van der Waals surface area contributed by atoms with Crippen LogP contribution >= 0.6 is 11.6 Å². The molecular weight excluding hydrogens is 222 g/mol. The highest BCUT2D eigenvalue weighted by Crippen LogP contribution is 2.46. The van der Waals surface area contributed by atoms with Crippen LogP contribution in [-0.2, 0) is 0 Å². The number of halogens is 1. The van der Waals surface area contributed by atoms with E-state index >= 15 is 0 Å². The van der Waals surface area contributed by atoms with Crippen LogP contribution in [0.25, 0.3) is 11.0 Å². The lowest BCUT2D eigenvalue weighted by Crippen LogP contribution is -2.12. The monoisotopic (exact) mass is 235 g/mol. The van der Waals surface area contributed by atoms with Crippen molar-refractivity contribution in [2.45, 2.75) is 19.4 Å². The molecule has 2 aromatic rings. The van der Waals surface area contributed by atoms with E-state index in [1.165, 1.54) is 6.42 Å². The van der Waals surface area contributed by atoms with Gasteiger partial charge >= 0.3 is 0 Å².